The zero-order valence-electron chi connectivity index (χ0n) is 6.53. The van der Waals surface area contributed by atoms with Crippen LogP contribution in [0.25, 0.3) is 6.08 Å². The SMILES string of the molecule is N#CCC=Cc1ccc(CO)s1. The van der Waals surface area contributed by atoms with Gasteiger partial charge in [0, 0.05) is 9.75 Å². The van der Waals surface area contributed by atoms with E-state index in [9.17, 15) is 0 Å². The molecule has 3 heteroatoms. The van der Waals surface area contributed by atoms with Crippen LogP contribution in [-0.2, 0) is 6.61 Å². The highest BCUT2D eigenvalue weighted by atomic mass is 32.1. The van der Waals surface area contributed by atoms with Crippen LogP contribution in [0.2, 0.25) is 0 Å². The highest BCUT2D eigenvalue weighted by Gasteiger charge is 1.93. The molecular formula is C9H9NOS. The second-order valence-corrected chi connectivity index (χ2v) is 3.43. The Balaban J connectivity index is 2.59. The number of aliphatic hydroxyl groups is 1. The molecular weight excluding hydrogens is 170 g/mol. The van der Waals surface area contributed by atoms with E-state index in [-0.39, 0.29) is 6.61 Å². The van der Waals surface area contributed by atoms with Crippen molar-refractivity contribution in [3.63, 3.8) is 0 Å². The first-order valence-electron chi connectivity index (χ1n) is 3.60. The Kier molecular flexibility index (Phi) is 3.52. The van der Waals surface area contributed by atoms with Crippen molar-refractivity contribution < 1.29 is 5.11 Å². The van der Waals surface area contributed by atoms with Crippen molar-refractivity contribution in [1.82, 2.24) is 0 Å². The number of hydrogen-bond acceptors (Lipinski definition) is 3. The summed E-state index contributed by atoms with van der Waals surface area (Å²) < 4.78 is 0. The number of nitriles is 1. The fourth-order valence-electron chi connectivity index (χ4n) is 0.797. The fraction of sp³-hybridized carbons (Fsp3) is 0.222. The van der Waals surface area contributed by atoms with Crippen molar-refractivity contribution in [2.75, 3.05) is 0 Å². The van der Waals surface area contributed by atoms with Crippen molar-refractivity contribution in [3.8, 4) is 6.07 Å². The minimum absolute atomic E-state index is 0.0940. The van der Waals surface area contributed by atoms with Crippen LogP contribution in [0.4, 0.5) is 0 Å². The molecule has 62 valence electrons. The molecule has 0 spiro atoms. The number of allylic oxidation sites excluding steroid dienone is 1. The van der Waals surface area contributed by atoms with Crippen LogP contribution in [0.5, 0.6) is 0 Å². The van der Waals surface area contributed by atoms with Gasteiger partial charge in [-0.2, -0.15) is 5.26 Å². The first-order valence-corrected chi connectivity index (χ1v) is 4.41. The minimum atomic E-state index is 0.0940. The number of thiophene rings is 1. The summed E-state index contributed by atoms with van der Waals surface area (Å²) in [7, 11) is 0. The van der Waals surface area contributed by atoms with Crippen molar-refractivity contribution >= 4 is 17.4 Å². The Morgan fingerprint density at radius 3 is 3.00 bits per heavy atom. The summed E-state index contributed by atoms with van der Waals surface area (Å²) in [4.78, 5) is 2.03. The Hall–Kier alpha value is -1.11. The van der Waals surface area contributed by atoms with E-state index in [2.05, 4.69) is 0 Å². The molecule has 0 atom stereocenters. The number of nitrogens with zero attached hydrogens (tertiary/aromatic N) is 1. The third-order valence-corrected chi connectivity index (χ3v) is 2.36. The molecule has 0 unspecified atom stereocenters. The van der Waals surface area contributed by atoms with E-state index in [0.717, 1.165) is 9.75 Å². The van der Waals surface area contributed by atoms with E-state index in [1.165, 1.54) is 11.3 Å². The van der Waals surface area contributed by atoms with Crippen molar-refractivity contribution in [3.05, 3.63) is 28.0 Å². The van der Waals surface area contributed by atoms with Crippen LogP contribution in [0.1, 0.15) is 16.2 Å². The molecule has 0 saturated heterocycles. The predicted molar refractivity (Wildman–Crippen MR) is 49.5 cm³/mol. The molecule has 1 N–H and O–H groups in total. The second kappa shape index (κ2) is 4.70. The first kappa shape index (κ1) is 8.98. The second-order valence-electron chi connectivity index (χ2n) is 2.23. The molecule has 0 fully saturated rings. The number of rotatable bonds is 3. The normalized spacial score (nSPS) is 10.3. The third-order valence-electron chi connectivity index (χ3n) is 1.33. The average molecular weight is 179 g/mol. The monoisotopic (exact) mass is 179 g/mol. The number of aliphatic hydroxyl groups excluding tert-OH is 1. The van der Waals surface area contributed by atoms with Crippen LogP contribution >= 0.6 is 11.3 Å². The molecule has 0 saturated carbocycles. The lowest BCUT2D eigenvalue weighted by molar-refractivity contribution is 0.285. The summed E-state index contributed by atoms with van der Waals surface area (Å²) in [5.41, 5.74) is 0. The molecule has 1 aromatic heterocycles. The summed E-state index contributed by atoms with van der Waals surface area (Å²) in [5.74, 6) is 0. The van der Waals surface area contributed by atoms with E-state index in [0.29, 0.717) is 6.42 Å². The van der Waals surface area contributed by atoms with Crippen LogP contribution in [0.15, 0.2) is 18.2 Å². The molecule has 0 bridgehead atoms. The Bertz CT molecular complexity index is 309. The van der Waals surface area contributed by atoms with E-state index in [4.69, 9.17) is 10.4 Å². The summed E-state index contributed by atoms with van der Waals surface area (Å²) in [6.45, 7) is 0.0940. The molecule has 0 aliphatic heterocycles. The highest BCUT2D eigenvalue weighted by Crippen LogP contribution is 2.17. The molecule has 1 aromatic rings. The molecule has 1 heterocycles. The standard InChI is InChI=1S/C9H9NOS/c10-6-2-1-3-8-4-5-9(7-11)12-8/h1,3-5,11H,2,7H2. The van der Waals surface area contributed by atoms with Gasteiger partial charge in [-0.05, 0) is 18.2 Å². The first-order chi connectivity index (χ1) is 5.86. The van der Waals surface area contributed by atoms with Gasteiger partial charge in [0.1, 0.15) is 0 Å². The lowest BCUT2D eigenvalue weighted by Crippen LogP contribution is -1.69. The van der Waals surface area contributed by atoms with Crippen LogP contribution in [-0.4, -0.2) is 5.11 Å². The molecule has 0 amide bonds. The van der Waals surface area contributed by atoms with Crippen LogP contribution in [0, 0.1) is 11.3 Å². The van der Waals surface area contributed by atoms with Gasteiger partial charge in [0.05, 0.1) is 19.1 Å². The van der Waals surface area contributed by atoms with Gasteiger partial charge in [-0.3, -0.25) is 0 Å². The zero-order valence-corrected chi connectivity index (χ0v) is 7.34. The predicted octanol–water partition coefficient (Wildman–Crippen LogP) is 2.17. The molecule has 0 aromatic carbocycles. The Morgan fingerprint density at radius 2 is 2.42 bits per heavy atom. The number of hydrogen-bond donors (Lipinski definition) is 1. The fourth-order valence-corrected chi connectivity index (χ4v) is 1.60. The van der Waals surface area contributed by atoms with Gasteiger partial charge in [-0.15, -0.1) is 11.3 Å². The third kappa shape index (κ3) is 2.50. The molecule has 0 aliphatic carbocycles. The molecule has 0 aliphatic rings. The zero-order chi connectivity index (χ0) is 8.81. The van der Waals surface area contributed by atoms with E-state index in [1.807, 2.05) is 30.4 Å². The summed E-state index contributed by atoms with van der Waals surface area (Å²) in [6.07, 6.45) is 4.15. The average Bonchev–Trinajstić information content (AvgIpc) is 2.53. The van der Waals surface area contributed by atoms with Gasteiger partial charge in [-0.1, -0.05) is 6.08 Å². The highest BCUT2D eigenvalue weighted by molar-refractivity contribution is 7.12. The summed E-state index contributed by atoms with van der Waals surface area (Å²) in [6, 6.07) is 5.85. The molecule has 2 nitrogen and oxygen atoms in total. The van der Waals surface area contributed by atoms with Gasteiger partial charge in [0.25, 0.3) is 0 Å². The van der Waals surface area contributed by atoms with Gasteiger partial charge < -0.3 is 5.11 Å². The van der Waals surface area contributed by atoms with E-state index < -0.39 is 0 Å². The van der Waals surface area contributed by atoms with Crippen LogP contribution < -0.4 is 0 Å². The topological polar surface area (TPSA) is 44.0 Å². The maximum atomic E-state index is 8.76. The largest absolute Gasteiger partial charge is 0.391 e. The smallest absolute Gasteiger partial charge is 0.0774 e. The summed E-state index contributed by atoms with van der Waals surface area (Å²) in [5, 5.41) is 17.0. The maximum Gasteiger partial charge on any atom is 0.0774 e. The lowest BCUT2D eigenvalue weighted by Gasteiger charge is -1.83. The summed E-state index contributed by atoms with van der Waals surface area (Å²) >= 11 is 1.54. The quantitative estimate of drug-likeness (QED) is 0.772. The van der Waals surface area contributed by atoms with Gasteiger partial charge >= 0.3 is 0 Å². The Morgan fingerprint density at radius 1 is 1.58 bits per heavy atom. The molecule has 0 radical (unpaired) electrons. The Labute approximate surface area is 75.4 Å². The molecule has 12 heavy (non-hydrogen) atoms. The van der Waals surface area contributed by atoms with Crippen molar-refractivity contribution in [2.45, 2.75) is 13.0 Å². The maximum absolute atomic E-state index is 8.76. The van der Waals surface area contributed by atoms with Gasteiger partial charge in [0.2, 0.25) is 0 Å². The lowest BCUT2D eigenvalue weighted by atomic mass is 10.3. The van der Waals surface area contributed by atoms with Gasteiger partial charge in [0.15, 0.2) is 0 Å². The van der Waals surface area contributed by atoms with E-state index >= 15 is 0 Å². The van der Waals surface area contributed by atoms with E-state index in [1.54, 1.807) is 0 Å². The van der Waals surface area contributed by atoms with Gasteiger partial charge in [-0.25, -0.2) is 0 Å². The van der Waals surface area contributed by atoms with Crippen molar-refractivity contribution in [1.29, 1.82) is 5.26 Å². The van der Waals surface area contributed by atoms with Crippen LogP contribution in [0.3, 0.4) is 0 Å². The minimum Gasteiger partial charge on any atom is -0.391 e. The molecule has 1 rings (SSSR count). The van der Waals surface area contributed by atoms with Crippen molar-refractivity contribution in [2.24, 2.45) is 0 Å².